The van der Waals surface area contributed by atoms with E-state index >= 15 is 0 Å². The third-order valence-electron chi connectivity index (χ3n) is 2.37. The van der Waals surface area contributed by atoms with Crippen LogP contribution in [0.3, 0.4) is 0 Å². The molecule has 0 aliphatic carbocycles. The molecule has 5 heteroatoms. The van der Waals surface area contributed by atoms with Gasteiger partial charge in [-0.05, 0) is 17.7 Å². The van der Waals surface area contributed by atoms with Crippen LogP contribution in [0.5, 0.6) is 0 Å². The van der Waals surface area contributed by atoms with Crippen LogP contribution in [0.2, 0.25) is 0 Å². The summed E-state index contributed by atoms with van der Waals surface area (Å²) in [6.45, 7) is 0. The molecule has 0 aliphatic heterocycles. The number of rotatable bonds is 3. The van der Waals surface area contributed by atoms with Gasteiger partial charge in [-0.1, -0.05) is 6.07 Å². The van der Waals surface area contributed by atoms with Crippen molar-refractivity contribution in [1.82, 2.24) is 9.97 Å². The zero-order chi connectivity index (χ0) is 11.5. The molecule has 1 heterocycles. The van der Waals surface area contributed by atoms with Gasteiger partial charge in [-0.3, -0.25) is 0 Å². The van der Waals surface area contributed by atoms with Gasteiger partial charge in [0.2, 0.25) is 0 Å². The minimum absolute atomic E-state index is 0.379. The lowest BCUT2D eigenvalue weighted by Gasteiger charge is -2.10. The van der Waals surface area contributed by atoms with Crippen LogP contribution in [0.25, 0.3) is 0 Å². The fourth-order valence-electron chi connectivity index (χ4n) is 1.49. The SMILES string of the molecule is NC(Cc1cnc[nH]1)c1ccc(F)c(F)c1. The van der Waals surface area contributed by atoms with E-state index in [9.17, 15) is 8.78 Å². The molecule has 84 valence electrons. The van der Waals surface area contributed by atoms with Crippen molar-refractivity contribution in [3.63, 3.8) is 0 Å². The van der Waals surface area contributed by atoms with E-state index in [4.69, 9.17) is 5.73 Å². The van der Waals surface area contributed by atoms with Crippen LogP contribution < -0.4 is 5.73 Å². The summed E-state index contributed by atoms with van der Waals surface area (Å²) in [5.74, 6) is -1.74. The van der Waals surface area contributed by atoms with E-state index in [2.05, 4.69) is 9.97 Å². The number of aromatic nitrogens is 2. The quantitative estimate of drug-likeness (QED) is 0.835. The van der Waals surface area contributed by atoms with E-state index in [1.54, 1.807) is 12.5 Å². The number of hydrogen-bond acceptors (Lipinski definition) is 2. The molecular formula is C11H11F2N3. The van der Waals surface area contributed by atoms with Gasteiger partial charge in [0, 0.05) is 24.4 Å². The van der Waals surface area contributed by atoms with E-state index in [-0.39, 0.29) is 6.04 Å². The Bertz CT molecular complexity index is 468. The molecule has 0 saturated carbocycles. The predicted octanol–water partition coefficient (Wildman–Crippen LogP) is 1.93. The van der Waals surface area contributed by atoms with Crippen LogP contribution >= 0.6 is 0 Å². The summed E-state index contributed by atoms with van der Waals surface area (Å²) in [5, 5.41) is 0. The Morgan fingerprint density at radius 1 is 1.31 bits per heavy atom. The van der Waals surface area contributed by atoms with Crippen LogP contribution in [0.15, 0.2) is 30.7 Å². The number of benzene rings is 1. The number of nitrogens with two attached hydrogens (primary N) is 1. The molecule has 2 aromatic rings. The smallest absolute Gasteiger partial charge is 0.159 e. The molecule has 0 bridgehead atoms. The zero-order valence-corrected chi connectivity index (χ0v) is 8.45. The fourth-order valence-corrected chi connectivity index (χ4v) is 1.49. The Morgan fingerprint density at radius 2 is 2.12 bits per heavy atom. The molecule has 0 fully saturated rings. The maximum atomic E-state index is 13.0. The van der Waals surface area contributed by atoms with Crippen molar-refractivity contribution in [1.29, 1.82) is 0 Å². The van der Waals surface area contributed by atoms with Gasteiger partial charge in [-0.25, -0.2) is 13.8 Å². The van der Waals surface area contributed by atoms with Crippen LogP contribution in [0, 0.1) is 11.6 Å². The van der Waals surface area contributed by atoms with Gasteiger partial charge in [0.15, 0.2) is 11.6 Å². The van der Waals surface area contributed by atoms with Crippen LogP contribution in [-0.2, 0) is 6.42 Å². The monoisotopic (exact) mass is 223 g/mol. The van der Waals surface area contributed by atoms with Crippen molar-refractivity contribution in [2.75, 3.05) is 0 Å². The van der Waals surface area contributed by atoms with E-state index < -0.39 is 11.6 Å². The molecule has 0 spiro atoms. The number of nitrogens with zero attached hydrogens (tertiary/aromatic N) is 1. The van der Waals surface area contributed by atoms with Gasteiger partial charge in [-0.15, -0.1) is 0 Å². The molecule has 0 saturated heterocycles. The van der Waals surface area contributed by atoms with E-state index in [1.165, 1.54) is 6.07 Å². The molecular weight excluding hydrogens is 212 g/mol. The molecule has 0 aliphatic rings. The highest BCUT2D eigenvalue weighted by atomic mass is 19.2. The van der Waals surface area contributed by atoms with Gasteiger partial charge >= 0.3 is 0 Å². The number of nitrogens with one attached hydrogen (secondary N) is 1. The van der Waals surface area contributed by atoms with Gasteiger partial charge in [0.05, 0.1) is 6.33 Å². The minimum Gasteiger partial charge on any atom is -0.348 e. The first-order chi connectivity index (χ1) is 7.66. The fraction of sp³-hybridized carbons (Fsp3) is 0.182. The summed E-state index contributed by atoms with van der Waals surface area (Å²) in [6.07, 6.45) is 3.71. The van der Waals surface area contributed by atoms with Crippen LogP contribution in [0.4, 0.5) is 8.78 Å². The maximum absolute atomic E-state index is 13.0. The van der Waals surface area contributed by atoms with Crippen molar-refractivity contribution < 1.29 is 8.78 Å². The van der Waals surface area contributed by atoms with Gasteiger partial charge < -0.3 is 10.7 Å². The van der Waals surface area contributed by atoms with E-state index in [0.29, 0.717) is 12.0 Å². The second-order valence-corrected chi connectivity index (χ2v) is 3.56. The Balaban J connectivity index is 2.14. The Labute approximate surface area is 91.3 Å². The molecule has 1 aromatic carbocycles. The van der Waals surface area contributed by atoms with Crippen molar-refractivity contribution >= 4 is 0 Å². The zero-order valence-electron chi connectivity index (χ0n) is 8.45. The highest BCUT2D eigenvalue weighted by Crippen LogP contribution is 2.17. The van der Waals surface area contributed by atoms with Crippen LogP contribution in [0.1, 0.15) is 17.3 Å². The number of halogens is 2. The Kier molecular flexibility index (Phi) is 2.96. The maximum Gasteiger partial charge on any atom is 0.159 e. The largest absolute Gasteiger partial charge is 0.348 e. The molecule has 0 radical (unpaired) electrons. The highest BCUT2D eigenvalue weighted by molar-refractivity contribution is 5.22. The molecule has 2 rings (SSSR count). The molecule has 0 amide bonds. The minimum atomic E-state index is -0.877. The molecule has 3 N–H and O–H groups in total. The first-order valence-corrected chi connectivity index (χ1v) is 4.84. The second kappa shape index (κ2) is 4.40. The van der Waals surface area contributed by atoms with Gasteiger partial charge in [0.1, 0.15) is 0 Å². The summed E-state index contributed by atoms with van der Waals surface area (Å²) in [6, 6.07) is 3.31. The van der Waals surface area contributed by atoms with E-state index in [1.807, 2.05) is 0 Å². The first-order valence-electron chi connectivity index (χ1n) is 4.84. The number of imidazole rings is 1. The molecule has 1 atom stereocenters. The van der Waals surface area contributed by atoms with Crippen molar-refractivity contribution in [3.8, 4) is 0 Å². The lowest BCUT2D eigenvalue weighted by molar-refractivity contribution is 0.505. The molecule has 1 unspecified atom stereocenters. The number of hydrogen-bond donors (Lipinski definition) is 2. The summed E-state index contributed by atoms with van der Waals surface area (Å²) < 4.78 is 25.7. The topological polar surface area (TPSA) is 54.7 Å². The average Bonchev–Trinajstić information content (AvgIpc) is 2.74. The Morgan fingerprint density at radius 3 is 2.75 bits per heavy atom. The molecule has 16 heavy (non-hydrogen) atoms. The van der Waals surface area contributed by atoms with Crippen molar-refractivity contribution in [3.05, 3.63) is 53.6 Å². The standard InChI is InChI=1S/C11H11F2N3/c12-9-2-1-7(3-10(9)13)11(14)4-8-5-15-6-16-8/h1-3,5-6,11H,4,14H2,(H,15,16). The highest BCUT2D eigenvalue weighted by Gasteiger charge is 2.10. The van der Waals surface area contributed by atoms with Crippen LogP contribution in [-0.4, -0.2) is 9.97 Å². The van der Waals surface area contributed by atoms with Crippen molar-refractivity contribution in [2.45, 2.75) is 12.5 Å². The van der Waals surface area contributed by atoms with E-state index in [0.717, 1.165) is 17.8 Å². The normalized spacial score (nSPS) is 12.7. The molecule has 1 aromatic heterocycles. The summed E-state index contributed by atoms with van der Waals surface area (Å²) in [5.41, 5.74) is 7.29. The second-order valence-electron chi connectivity index (χ2n) is 3.56. The van der Waals surface area contributed by atoms with Gasteiger partial charge in [0.25, 0.3) is 0 Å². The predicted molar refractivity (Wildman–Crippen MR) is 55.6 cm³/mol. The average molecular weight is 223 g/mol. The lowest BCUT2D eigenvalue weighted by atomic mass is 10.0. The summed E-state index contributed by atoms with van der Waals surface area (Å²) >= 11 is 0. The summed E-state index contributed by atoms with van der Waals surface area (Å²) in [7, 11) is 0. The first kappa shape index (κ1) is 10.8. The third kappa shape index (κ3) is 2.25. The number of aromatic amines is 1. The third-order valence-corrected chi connectivity index (χ3v) is 2.37. The summed E-state index contributed by atoms with van der Waals surface area (Å²) in [4.78, 5) is 6.76. The Hall–Kier alpha value is -1.75. The van der Waals surface area contributed by atoms with Crippen molar-refractivity contribution in [2.24, 2.45) is 5.73 Å². The lowest BCUT2D eigenvalue weighted by Crippen LogP contribution is -2.14. The van der Waals surface area contributed by atoms with Gasteiger partial charge in [-0.2, -0.15) is 0 Å². The molecule has 3 nitrogen and oxygen atoms in total. The number of H-pyrrole nitrogens is 1.